The van der Waals surface area contributed by atoms with Gasteiger partial charge in [-0.2, -0.15) is 18.3 Å². The predicted octanol–water partition coefficient (Wildman–Crippen LogP) is 3.27. The van der Waals surface area contributed by atoms with Crippen LogP contribution in [0.3, 0.4) is 0 Å². The molecule has 0 amide bonds. The van der Waals surface area contributed by atoms with Crippen molar-refractivity contribution < 1.29 is 17.6 Å². The summed E-state index contributed by atoms with van der Waals surface area (Å²) in [7, 11) is 0. The Morgan fingerprint density at radius 2 is 1.78 bits per heavy atom. The zero-order valence-electron chi connectivity index (χ0n) is 12.5. The second-order valence-corrected chi connectivity index (χ2v) is 5.63. The average Bonchev–Trinajstić information content (AvgIpc) is 2.67. The molecule has 0 atom stereocenters. The maximum absolute atomic E-state index is 12.9. The highest BCUT2D eigenvalue weighted by atomic mass is 19.4. The molecule has 3 rings (SSSR count). The molecule has 1 N–H and O–H groups in total. The van der Waals surface area contributed by atoms with Crippen LogP contribution in [0.5, 0.6) is 0 Å². The van der Waals surface area contributed by atoms with E-state index in [1.165, 1.54) is 0 Å². The summed E-state index contributed by atoms with van der Waals surface area (Å²) >= 11 is 0. The number of halogens is 4. The standard InChI is InChI=1S/C16H17F4N3/c17-9-11-1-3-12(4-2-11)15-13-5-7-21-8-6-14(13)22-23(15)10-16(18,19)20/h1-4,21H,5-10H2. The van der Waals surface area contributed by atoms with E-state index in [0.717, 1.165) is 10.2 Å². The Balaban J connectivity index is 2.08. The first kappa shape index (κ1) is 16.0. The third kappa shape index (κ3) is 3.55. The van der Waals surface area contributed by atoms with Crippen molar-refractivity contribution in [1.82, 2.24) is 15.1 Å². The van der Waals surface area contributed by atoms with Gasteiger partial charge in [0.2, 0.25) is 0 Å². The monoisotopic (exact) mass is 327 g/mol. The summed E-state index contributed by atoms with van der Waals surface area (Å²) in [5.74, 6) is 0. The molecule has 124 valence electrons. The fourth-order valence-corrected chi connectivity index (χ4v) is 2.92. The van der Waals surface area contributed by atoms with Crippen molar-refractivity contribution >= 4 is 0 Å². The van der Waals surface area contributed by atoms with Crippen molar-refractivity contribution in [3.05, 3.63) is 41.1 Å². The second-order valence-electron chi connectivity index (χ2n) is 5.63. The Hall–Kier alpha value is -1.89. The van der Waals surface area contributed by atoms with Gasteiger partial charge in [-0.1, -0.05) is 24.3 Å². The third-order valence-corrected chi connectivity index (χ3v) is 3.93. The molecule has 0 bridgehead atoms. The van der Waals surface area contributed by atoms with Crippen LogP contribution in [-0.2, 0) is 26.1 Å². The summed E-state index contributed by atoms with van der Waals surface area (Å²) in [6, 6.07) is 6.53. The Morgan fingerprint density at radius 3 is 2.43 bits per heavy atom. The molecule has 0 unspecified atom stereocenters. The molecule has 2 aromatic rings. The summed E-state index contributed by atoms with van der Waals surface area (Å²) in [5.41, 5.74) is 3.20. The number of alkyl halides is 4. The molecule has 0 radical (unpaired) electrons. The van der Waals surface area contributed by atoms with Gasteiger partial charge in [0, 0.05) is 24.1 Å². The highest BCUT2D eigenvalue weighted by Gasteiger charge is 2.32. The second kappa shape index (κ2) is 6.31. The van der Waals surface area contributed by atoms with Gasteiger partial charge in [0.1, 0.15) is 13.2 Å². The molecule has 1 aromatic heterocycles. The first-order valence-corrected chi connectivity index (χ1v) is 7.49. The first-order valence-electron chi connectivity index (χ1n) is 7.49. The molecule has 0 spiro atoms. The van der Waals surface area contributed by atoms with Gasteiger partial charge >= 0.3 is 6.18 Å². The van der Waals surface area contributed by atoms with Crippen molar-refractivity contribution in [3.63, 3.8) is 0 Å². The van der Waals surface area contributed by atoms with E-state index in [0.29, 0.717) is 48.4 Å². The van der Waals surface area contributed by atoms with E-state index >= 15 is 0 Å². The number of benzene rings is 1. The lowest BCUT2D eigenvalue weighted by molar-refractivity contribution is -0.142. The molecule has 7 heteroatoms. The molecule has 1 aromatic carbocycles. The van der Waals surface area contributed by atoms with Crippen LogP contribution in [0.15, 0.2) is 24.3 Å². The largest absolute Gasteiger partial charge is 0.408 e. The van der Waals surface area contributed by atoms with E-state index in [-0.39, 0.29) is 0 Å². The molecular weight excluding hydrogens is 310 g/mol. The van der Waals surface area contributed by atoms with Crippen LogP contribution < -0.4 is 5.32 Å². The lowest BCUT2D eigenvalue weighted by Crippen LogP contribution is -2.21. The number of fused-ring (bicyclic) bond motifs is 1. The first-order chi connectivity index (χ1) is 11.0. The summed E-state index contributed by atoms with van der Waals surface area (Å²) in [4.78, 5) is 0. The molecule has 0 fully saturated rings. The van der Waals surface area contributed by atoms with Gasteiger partial charge in [0.05, 0.1) is 11.4 Å². The van der Waals surface area contributed by atoms with Crippen LogP contribution in [0.1, 0.15) is 16.8 Å². The van der Waals surface area contributed by atoms with Gasteiger partial charge in [-0.05, 0) is 18.5 Å². The van der Waals surface area contributed by atoms with Crippen molar-refractivity contribution in [2.45, 2.75) is 32.2 Å². The Labute approximate surface area is 131 Å². The summed E-state index contributed by atoms with van der Waals surface area (Å²) in [5, 5.41) is 7.42. The molecule has 3 nitrogen and oxygen atoms in total. The van der Waals surface area contributed by atoms with Gasteiger partial charge in [0.25, 0.3) is 0 Å². The minimum Gasteiger partial charge on any atom is -0.316 e. The van der Waals surface area contributed by atoms with Crippen LogP contribution >= 0.6 is 0 Å². The highest BCUT2D eigenvalue weighted by Crippen LogP contribution is 2.31. The normalized spacial score (nSPS) is 15.3. The molecular formula is C16H17F4N3. The number of hydrogen-bond donors (Lipinski definition) is 1. The van der Waals surface area contributed by atoms with Crippen LogP contribution in [0.2, 0.25) is 0 Å². The van der Waals surface area contributed by atoms with E-state index in [1.54, 1.807) is 24.3 Å². The lowest BCUT2D eigenvalue weighted by Gasteiger charge is -2.12. The average molecular weight is 327 g/mol. The van der Waals surface area contributed by atoms with E-state index in [4.69, 9.17) is 0 Å². The van der Waals surface area contributed by atoms with Crippen LogP contribution in [0.4, 0.5) is 17.6 Å². The summed E-state index contributed by atoms with van der Waals surface area (Å²) < 4.78 is 52.3. The maximum Gasteiger partial charge on any atom is 0.408 e. The molecule has 1 aliphatic heterocycles. The Morgan fingerprint density at radius 1 is 1.09 bits per heavy atom. The predicted molar refractivity (Wildman–Crippen MR) is 78.8 cm³/mol. The van der Waals surface area contributed by atoms with Gasteiger partial charge < -0.3 is 5.32 Å². The van der Waals surface area contributed by atoms with E-state index in [2.05, 4.69) is 10.4 Å². The summed E-state index contributed by atoms with van der Waals surface area (Å²) in [6.45, 7) is -0.297. The van der Waals surface area contributed by atoms with E-state index in [9.17, 15) is 17.6 Å². The number of nitrogens with zero attached hydrogens (tertiary/aromatic N) is 2. The number of nitrogens with one attached hydrogen (secondary N) is 1. The minimum atomic E-state index is -4.34. The zero-order chi connectivity index (χ0) is 16.4. The SMILES string of the molecule is FCc1ccc(-c2c3c(nn2CC(F)(F)F)CCNCC3)cc1. The number of hydrogen-bond acceptors (Lipinski definition) is 2. The molecule has 0 saturated heterocycles. The van der Waals surface area contributed by atoms with Gasteiger partial charge in [0.15, 0.2) is 0 Å². The van der Waals surface area contributed by atoms with Gasteiger partial charge in [-0.3, -0.25) is 4.68 Å². The van der Waals surface area contributed by atoms with Crippen molar-refractivity contribution in [2.75, 3.05) is 13.1 Å². The van der Waals surface area contributed by atoms with Crippen LogP contribution in [-0.4, -0.2) is 29.0 Å². The van der Waals surface area contributed by atoms with E-state index in [1.807, 2.05) is 0 Å². The lowest BCUT2D eigenvalue weighted by atomic mass is 10.0. The van der Waals surface area contributed by atoms with Gasteiger partial charge in [-0.25, -0.2) is 4.39 Å². The molecule has 1 aliphatic rings. The Kier molecular flexibility index (Phi) is 4.39. The Bertz CT molecular complexity index is 674. The molecule has 2 heterocycles. The van der Waals surface area contributed by atoms with Crippen molar-refractivity contribution in [3.8, 4) is 11.3 Å². The topological polar surface area (TPSA) is 29.9 Å². The number of rotatable bonds is 3. The highest BCUT2D eigenvalue weighted by molar-refractivity contribution is 5.65. The van der Waals surface area contributed by atoms with Crippen molar-refractivity contribution in [2.24, 2.45) is 0 Å². The minimum absolute atomic E-state index is 0.492. The van der Waals surface area contributed by atoms with Crippen molar-refractivity contribution in [1.29, 1.82) is 0 Å². The fraction of sp³-hybridized carbons (Fsp3) is 0.438. The maximum atomic E-state index is 12.9. The van der Waals surface area contributed by atoms with E-state index < -0.39 is 19.4 Å². The smallest absolute Gasteiger partial charge is 0.316 e. The molecule has 23 heavy (non-hydrogen) atoms. The zero-order valence-corrected chi connectivity index (χ0v) is 12.5. The summed E-state index contributed by atoms with van der Waals surface area (Å²) in [6.07, 6.45) is -3.10. The fourth-order valence-electron chi connectivity index (χ4n) is 2.92. The molecule has 0 aliphatic carbocycles. The van der Waals surface area contributed by atoms with Crippen LogP contribution in [0, 0.1) is 0 Å². The number of aromatic nitrogens is 2. The quantitative estimate of drug-likeness (QED) is 0.877. The molecule has 0 saturated carbocycles. The third-order valence-electron chi connectivity index (χ3n) is 3.93. The van der Waals surface area contributed by atoms with Gasteiger partial charge in [-0.15, -0.1) is 0 Å². The van der Waals surface area contributed by atoms with Crippen LogP contribution in [0.25, 0.3) is 11.3 Å².